The summed E-state index contributed by atoms with van der Waals surface area (Å²) in [7, 11) is 1.76. The fourth-order valence-electron chi connectivity index (χ4n) is 2.81. The molecule has 0 aromatic carbocycles. The van der Waals surface area contributed by atoms with Gasteiger partial charge in [0.25, 0.3) is 0 Å². The Bertz CT molecular complexity index is 260. The molecule has 0 saturated heterocycles. The molecule has 0 aromatic rings. The number of carbonyl (C=O) groups excluding carboxylic acids is 1. The SMILES string of the molecule is COC1CCC(CC(=O)NC(CCO)C(C)C)CC1. The third-order valence-electron chi connectivity index (χ3n) is 4.19. The molecule has 4 heteroatoms. The van der Waals surface area contributed by atoms with Crippen LogP contribution in [0.3, 0.4) is 0 Å². The molecule has 1 unspecified atom stereocenters. The van der Waals surface area contributed by atoms with Crippen molar-refractivity contribution >= 4 is 5.91 Å². The van der Waals surface area contributed by atoms with E-state index in [1.807, 2.05) is 0 Å². The summed E-state index contributed by atoms with van der Waals surface area (Å²) in [5, 5.41) is 12.1. The lowest BCUT2D eigenvalue weighted by Gasteiger charge is -2.28. The quantitative estimate of drug-likeness (QED) is 0.745. The third kappa shape index (κ3) is 5.91. The Morgan fingerprint density at radius 1 is 1.32 bits per heavy atom. The second kappa shape index (κ2) is 8.54. The maximum Gasteiger partial charge on any atom is 0.220 e. The predicted molar refractivity (Wildman–Crippen MR) is 75.8 cm³/mol. The predicted octanol–water partition coefficient (Wildman–Crippen LogP) is 2.10. The Labute approximate surface area is 116 Å². The summed E-state index contributed by atoms with van der Waals surface area (Å²) in [5.74, 6) is 0.988. The molecule has 0 radical (unpaired) electrons. The smallest absolute Gasteiger partial charge is 0.220 e. The highest BCUT2D eigenvalue weighted by Gasteiger charge is 2.24. The average Bonchev–Trinajstić information content (AvgIpc) is 2.39. The minimum absolute atomic E-state index is 0.0906. The number of ether oxygens (including phenoxy) is 1. The molecule has 0 aliphatic heterocycles. The van der Waals surface area contributed by atoms with Crippen LogP contribution in [0.15, 0.2) is 0 Å². The van der Waals surface area contributed by atoms with Gasteiger partial charge < -0.3 is 15.2 Å². The van der Waals surface area contributed by atoms with E-state index in [0.29, 0.717) is 30.8 Å². The molecule has 1 atom stereocenters. The summed E-state index contributed by atoms with van der Waals surface area (Å²) >= 11 is 0. The highest BCUT2D eigenvalue weighted by atomic mass is 16.5. The van der Waals surface area contributed by atoms with Crippen molar-refractivity contribution in [1.29, 1.82) is 0 Å². The first-order chi connectivity index (χ1) is 9.06. The van der Waals surface area contributed by atoms with Gasteiger partial charge >= 0.3 is 0 Å². The molecule has 112 valence electrons. The molecular formula is C15H29NO3. The maximum absolute atomic E-state index is 12.0. The highest BCUT2D eigenvalue weighted by molar-refractivity contribution is 5.76. The van der Waals surface area contributed by atoms with Gasteiger partial charge in [-0.2, -0.15) is 0 Å². The van der Waals surface area contributed by atoms with Gasteiger partial charge in [0.2, 0.25) is 5.91 Å². The molecule has 1 saturated carbocycles. The first kappa shape index (κ1) is 16.4. The van der Waals surface area contributed by atoms with Crippen molar-refractivity contribution in [1.82, 2.24) is 5.32 Å². The van der Waals surface area contributed by atoms with Crippen LogP contribution in [0, 0.1) is 11.8 Å². The number of nitrogens with one attached hydrogen (secondary N) is 1. The Morgan fingerprint density at radius 3 is 2.42 bits per heavy atom. The van der Waals surface area contributed by atoms with Gasteiger partial charge in [-0.15, -0.1) is 0 Å². The molecule has 1 amide bonds. The van der Waals surface area contributed by atoms with Crippen LogP contribution in [-0.2, 0) is 9.53 Å². The van der Waals surface area contributed by atoms with Crippen molar-refractivity contribution in [2.45, 2.75) is 64.5 Å². The first-order valence-corrected chi connectivity index (χ1v) is 7.49. The number of carbonyl (C=O) groups is 1. The van der Waals surface area contributed by atoms with E-state index in [1.165, 1.54) is 0 Å². The Hall–Kier alpha value is -0.610. The van der Waals surface area contributed by atoms with Crippen LogP contribution in [0.25, 0.3) is 0 Å². The molecule has 1 fully saturated rings. The number of hydrogen-bond donors (Lipinski definition) is 2. The van der Waals surface area contributed by atoms with Crippen molar-refractivity contribution in [3.05, 3.63) is 0 Å². The topological polar surface area (TPSA) is 58.6 Å². The van der Waals surface area contributed by atoms with E-state index < -0.39 is 0 Å². The molecule has 1 rings (SSSR count). The Balaban J connectivity index is 2.30. The molecular weight excluding hydrogens is 242 g/mol. The van der Waals surface area contributed by atoms with Crippen LogP contribution in [-0.4, -0.2) is 36.9 Å². The fraction of sp³-hybridized carbons (Fsp3) is 0.933. The van der Waals surface area contributed by atoms with E-state index in [4.69, 9.17) is 9.84 Å². The molecule has 0 aromatic heterocycles. The van der Waals surface area contributed by atoms with Gasteiger partial charge in [-0.05, 0) is 43.9 Å². The number of methoxy groups -OCH3 is 1. The monoisotopic (exact) mass is 271 g/mol. The molecule has 0 spiro atoms. The highest BCUT2D eigenvalue weighted by Crippen LogP contribution is 2.28. The molecule has 19 heavy (non-hydrogen) atoms. The minimum atomic E-state index is 0.0906. The van der Waals surface area contributed by atoms with Crippen LogP contribution in [0.1, 0.15) is 52.4 Å². The van der Waals surface area contributed by atoms with Crippen LogP contribution >= 0.6 is 0 Å². The Kier molecular flexibility index (Phi) is 7.39. The van der Waals surface area contributed by atoms with Crippen molar-refractivity contribution in [3.63, 3.8) is 0 Å². The van der Waals surface area contributed by atoms with E-state index in [1.54, 1.807) is 7.11 Å². The van der Waals surface area contributed by atoms with E-state index >= 15 is 0 Å². The van der Waals surface area contributed by atoms with E-state index in [-0.39, 0.29) is 18.6 Å². The van der Waals surface area contributed by atoms with Crippen molar-refractivity contribution in [3.8, 4) is 0 Å². The second-order valence-corrected chi connectivity index (χ2v) is 6.01. The number of rotatable bonds is 7. The zero-order valence-corrected chi connectivity index (χ0v) is 12.5. The lowest BCUT2D eigenvalue weighted by Crippen LogP contribution is -2.40. The summed E-state index contributed by atoms with van der Waals surface area (Å²) in [6, 6.07) is 0.0906. The van der Waals surface area contributed by atoms with Crippen LogP contribution in [0.5, 0.6) is 0 Å². The lowest BCUT2D eigenvalue weighted by atomic mass is 9.85. The van der Waals surface area contributed by atoms with Crippen molar-refractivity contribution in [2.75, 3.05) is 13.7 Å². The van der Waals surface area contributed by atoms with Gasteiger partial charge in [-0.1, -0.05) is 13.8 Å². The van der Waals surface area contributed by atoms with Crippen molar-refractivity contribution in [2.24, 2.45) is 11.8 Å². The van der Waals surface area contributed by atoms with Gasteiger partial charge in [0.15, 0.2) is 0 Å². The van der Waals surface area contributed by atoms with Gasteiger partial charge in [-0.25, -0.2) is 0 Å². The normalized spacial score (nSPS) is 25.3. The van der Waals surface area contributed by atoms with Gasteiger partial charge in [0, 0.05) is 26.2 Å². The zero-order valence-electron chi connectivity index (χ0n) is 12.5. The molecule has 2 N–H and O–H groups in total. The fourth-order valence-corrected chi connectivity index (χ4v) is 2.81. The minimum Gasteiger partial charge on any atom is -0.396 e. The molecule has 0 heterocycles. The zero-order chi connectivity index (χ0) is 14.3. The van der Waals surface area contributed by atoms with E-state index in [0.717, 1.165) is 25.7 Å². The number of hydrogen-bond acceptors (Lipinski definition) is 3. The summed E-state index contributed by atoms with van der Waals surface area (Å²) in [6.45, 7) is 4.27. The average molecular weight is 271 g/mol. The summed E-state index contributed by atoms with van der Waals surface area (Å²) < 4.78 is 5.34. The van der Waals surface area contributed by atoms with E-state index in [2.05, 4.69) is 19.2 Å². The molecule has 1 aliphatic rings. The second-order valence-electron chi connectivity index (χ2n) is 6.01. The van der Waals surface area contributed by atoms with Crippen molar-refractivity contribution < 1.29 is 14.6 Å². The lowest BCUT2D eigenvalue weighted by molar-refractivity contribution is -0.123. The van der Waals surface area contributed by atoms with Crippen LogP contribution in [0.4, 0.5) is 0 Å². The summed E-state index contributed by atoms with van der Waals surface area (Å²) in [6.07, 6.45) is 5.94. The summed E-state index contributed by atoms with van der Waals surface area (Å²) in [4.78, 5) is 12.0. The number of aliphatic hydroxyl groups is 1. The summed E-state index contributed by atoms with van der Waals surface area (Å²) in [5.41, 5.74) is 0. The van der Waals surface area contributed by atoms with Crippen LogP contribution in [0.2, 0.25) is 0 Å². The van der Waals surface area contributed by atoms with Crippen LogP contribution < -0.4 is 5.32 Å². The first-order valence-electron chi connectivity index (χ1n) is 7.49. The molecule has 4 nitrogen and oxygen atoms in total. The van der Waals surface area contributed by atoms with E-state index in [9.17, 15) is 4.79 Å². The standard InChI is InChI=1S/C15H29NO3/c1-11(2)14(8-9-17)16-15(18)10-12-4-6-13(19-3)7-5-12/h11-14,17H,4-10H2,1-3H3,(H,16,18). The van der Waals surface area contributed by atoms with Gasteiger partial charge in [0.1, 0.15) is 0 Å². The largest absolute Gasteiger partial charge is 0.396 e. The van der Waals surface area contributed by atoms with Gasteiger partial charge in [0.05, 0.1) is 6.10 Å². The Morgan fingerprint density at radius 2 is 1.95 bits per heavy atom. The molecule has 0 bridgehead atoms. The third-order valence-corrected chi connectivity index (χ3v) is 4.19. The molecule has 1 aliphatic carbocycles. The van der Waals surface area contributed by atoms with Gasteiger partial charge in [-0.3, -0.25) is 4.79 Å². The maximum atomic E-state index is 12.0. The number of aliphatic hydroxyl groups excluding tert-OH is 1. The number of amides is 1.